The Bertz CT molecular complexity index is 266. The van der Waals surface area contributed by atoms with Crippen molar-refractivity contribution in [2.45, 2.75) is 0 Å². The van der Waals surface area contributed by atoms with Gasteiger partial charge in [-0.25, -0.2) is 9.07 Å². The Hall–Kier alpha value is -0.180. The molecule has 0 aliphatic rings. The first-order chi connectivity index (χ1) is 4.66. The van der Waals surface area contributed by atoms with Crippen molar-refractivity contribution in [3.05, 3.63) is 22.7 Å². The molecule has 0 saturated carbocycles. The van der Waals surface area contributed by atoms with E-state index in [1.54, 1.807) is 0 Å². The normalized spacial score (nSPS) is 9.90. The van der Waals surface area contributed by atoms with E-state index in [1.807, 2.05) is 0 Å². The molecular formula is C5H3Cl3N2. The first kappa shape index (κ1) is 7.92. The van der Waals surface area contributed by atoms with Crippen molar-refractivity contribution in [1.82, 2.24) is 9.07 Å². The van der Waals surface area contributed by atoms with E-state index in [9.17, 15) is 0 Å². The smallest absolute Gasteiger partial charge is 0.168 e. The Morgan fingerprint density at radius 1 is 1.50 bits per heavy atom. The summed E-state index contributed by atoms with van der Waals surface area (Å²) >= 11 is 16.7. The van der Waals surface area contributed by atoms with Crippen LogP contribution in [0.15, 0.2) is 6.58 Å². The highest BCUT2D eigenvalue weighted by Gasteiger charge is 2.08. The van der Waals surface area contributed by atoms with Crippen LogP contribution in [0.3, 0.4) is 0 Å². The van der Waals surface area contributed by atoms with Crippen LogP contribution in [0.4, 0.5) is 0 Å². The maximum Gasteiger partial charge on any atom is 0.168 e. The lowest BCUT2D eigenvalue weighted by molar-refractivity contribution is 1.18. The van der Waals surface area contributed by atoms with Crippen molar-refractivity contribution in [2.75, 3.05) is 0 Å². The largest absolute Gasteiger partial charge is 0.222 e. The number of hydrogen-bond acceptors (Lipinski definition) is 1. The molecule has 2 nitrogen and oxygen atoms in total. The topological polar surface area (TPSA) is 17.8 Å². The number of rotatable bonds is 1. The van der Waals surface area contributed by atoms with Gasteiger partial charge in [-0.2, -0.15) is 0 Å². The fraction of sp³-hybridized carbons (Fsp3) is 0. The van der Waals surface area contributed by atoms with Gasteiger partial charge in [0, 0.05) is 11.8 Å². The monoisotopic (exact) mass is 196 g/mol. The fourth-order valence-corrected chi connectivity index (χ4v) is 1.03. The molecule has 0 spiro atoms. The molecule has 0 aromatic carbocycles. The minimum atomic E-state index is 0.187. The summed E-state index contributed by atoms with van der Waals surface area (Å²) in [4.78, 5) is 3.77. The molecule has 1 heterocycles. The fourth-order valence-electron chi connectivity index (χ4n) is 0.498. The van der Waals surface area contributed by atoms with Gasteiger partial charge in [0.2, 0.25) is 0 Å². The summed E-state index contributed by atoms with van der Waals surface area (Å²) in [6.07, 6.45) is 1.46. The minimum absolute atomic E-state index is 0.187. The third-order valence-electron chi connectivity index (χ3n) is 0.939. The van der Waals surface area contributed by atoms with Crippen LogP contribution < -0.4 is 0 Å². The number of aromatic nitrogens is 2. The number of halogens is 3. The molecule has 54 valence electrons. The van der Waals surface area contributed by atoms with E-state index in [0.29, 0.717) is 5.82 Å². The lowest BCUT2D eigenvalue weighted by atomic mass is 10.6. The van der Waals surface area contributed by atoms with Crippen LogP contribution >= 0.6 is 35.0 Å². The Morgan fingerprint density at radius 3 is 2.30 bits per heavy atom. The lowest BCUT2D eigenvalue weighted by Gasteiger charge is -1.88. The van der Waals surface area contributed by atoms with E-state index >= 15 is 0 Å². The second-order valence-electron chi connectivity index (χ2n) is 1.54. The average Bonchev–Trinajstić information content (AvgIpc) is 2.17. The Labute approximate surface area is 73.1 Å². The van der Waals surface area contributed by atoms with Gasteiger partial charge >= 0.3 is 0 Å². The van der Waals surface area contributed by atoms with E-state index < -0.39 is 0 Å². The molecule has 0 fully saturated rings. The highest BCUT2D eigenvalue weighted by Crippen LogP contribution is 2.23. The van der Waals surface area contributed by atoms with Gasteiger partial charge in [0.15, 0.2) is 10.3 Å². The Kier molecular flexibility index (Phi) is 2.24. The molecule has 0 saturated heterocycles. The van der Waals surface area contributed by atoms with Gasteiger partial charge in [-0.1, -0.05) is 29.8 Å². The predicted molar refractivity (Wildman–Crippen MR) is 43.6 cm³/mol. The molecule has 0 aliphatic carbocycles. The standard InChI is InChI=1S/C5H3Cl3N2/c1-2-3-9-4(6)5(7)10(3)8/h2H,1H2. The highest BCUT2D eigenvalue weighted by molar-refractivity contribution is 6.42. The van der Waals surface area contributed by atoms with E-state index in [0.717, 1.165) is 4.09 Å². The second-order valence-corrected chi connectivity index (χ2v) is 2.59. The van der Waals surface area contributed by atoms with Crippen LogP contribution in [0.1, 0.15) is 5.82 Å². The van der Waals surface area contributed by atoms with Crippen molar-refractivity contribution in [3.8, 4) is 0 Å². The van der Waals surface area contributed by atoms with Crippen LogP contribution in [0.2, 0.25) is 10.3 Å². The molecule has 0 unspecified atom stereocenters. The van der Waals surface area contributed by atoms with Crippen LogP contribution in [0, 0.1) is 0 Å². The third-order valence-corrected chi connectivity index (χ3v) is 2.08. The molecule has 5 heteroatoms. The van der Waals surface area contributed by atoms with Gasteiger partial charge in [0.1, 0.15) is 5.82 Å². The zero-order valence-electron chi connectivity index (χ0n) is 4.81. The zero-order valence-corrected chi connectivity index (χ0v) is 7.08. The summed E-state index contributed by atoms with van der Waals surface area (Å²) in [5.41, 5.74) is 0. The molecule has 0 amide bonds. The van der Waals surface area contributed by atoms with Crippen molar-refractivity contribution in [3.63, 3.8) is 0 Å². The molecule has 0 atom stereocenters. The zero-order chi connectivity index (χ0) is 7.72. The van der Waals surface area contributed by atoms with Crippen LogP contribution in [0.5, 0.6) is 0 Å². The average molecular weight is 197 g/mol. The van der Waals surface area contributed by atoms with Gasteiger partial charge in [-0.05, 0) is 6.08 Å². The molecule has 0 bridgehead atoms. The van der Waals surface area contributed by atoms with Crippen LogP contribution in [-0.4, -0.2) is 9.07 Å². The number of imidazole rings is 1. The lowest BCUT2D eigenvalue weighted by Crippen LogP contribution is -1.82. The minimum Gasteiger partial charge on any atom is -0.222 e. The summed E-state index contributed by atoms with van der Waals surface area (Å²) in [6, 6.07) is 0. The third kappa shape index (κ3) is 1.15. The summed E-state index contributed by atoms with van der Waals surface area (Å²) in [6.45, 7) is 3.46. The first-order valence-corrected chi connectivity index (χ1v) is 3.48. The van der Waals surface area contributed by atoms with Crippen molar-refractivity contribution in [1.29, 1.82) is 0 Å². The summed E-state index contributed by atoms with van der Waals surface area (Å²) in [7, 11) is 0. The molecule has 1 rings (SSSR count). The van der Waals surface area contributed by atoms with Gasteiger partial charge in [0.05, 0.1) is 0 Å². The Morgan fingerprint density at radius 2 is 2.10 bits per heavy atom. The summed E-state index contributed by atoms with van der Waals surface area (Å²) < 4.78 is 1.14. The van der Waals surface area contributed by atoms with E-state index in [-0.39, 0.29) is 10.3 Å². The van der Waals surface area contributed by atoms with Gasteiger partial charge in [-0.3, -0.25) is 0 Å². The maximum atomic E-state index is 5.58. The van der Waals surface area contributed by atoms with E-state index in [4.69, 9.17) is 35.0 Å². The summed E-state index contributed by atoms with van der Waals surface area (Å²) in [5, 5.41) is 0.393. The SMILES string of the molecule is C=Cc1nc(Cl)c(Cl)n1Cl. The predicted octanol–water partition coefficient (Wildman–Crippen LogP) is 2.83. The van der Waals surface area contributed by atoms with E-state index in [2.05, 4.69) is 11.6 Å². The van der Waals surface area contributed by atoms with Gasteiger partial charge < -0.3 is 0 Å². The number of hydrogen-bond donors (Lipinski definition) is 0. The maximum absolute atomic E-state index is 5.58. The summed E-state index contributed by atoms with van der Waals surface area (Å²) in [5.74, 6) is 0.441. The quantitative estimate of drug-likeness (QED) is 0.677. The molecule has 0 N–H and O–H groups in total. The van der Waals surface area contributed by atoms with Crippen LogP contribution in [0.25, 0.3) is 6.08 Å². The Balaban J connectivity index is 3.30. The molecule has 1 aromatic heterocycles. The molecule has 10 heavy (non-hydrogen) atoms. The van der Waals surface area contributed by atoms with Crippen molar-refractivity contribution in [2.24, 2.45) is 0 Å². The van der Waals surface area contributed by atoms with E-state index in [1.165, 1.54) is 6.08 Å². The van der Waals surface area contributed by atoms with Crippen molar-refractivity contribution < 1.29 is 0 Å². The van der Waals surface area contributed by atoms with Gasteiger partial charge in [0.25, 0.3) is 0 Å². The second kappa shape index (κ2) is 2.82. The molecular weight excluding hydrogens is 194 g/mol. The molecule has 1 aromatic rings. The molecule has 0 aliphatic heterocycles. The van der Waals surface area contributed by atoms with Crippen LogP contribution in [-0.2, 0) is 0 Å². The van der Waals surface area contributed by atoms with Gasteiger partial charge in [-0.15, -0.1) is 0 Å². The van der Waals surface area contributed by atoms with Crippen molar-refractivity contribution >= 4 is 41.1 Å². The number of nitrogens with zero attached hydrogens (tertiary/aromatic N) is 2. The molecule has 0 radical (unpaired) electrons. The first-order valence-electron chi connectivity index (χ1n) is 2.39. The highest BCUT2D eigenvalue weighted by atomic mass is 35.5.